The molecule has 0 amide bonds. The number of ketones is 1. The molecule has 2 aromatic rings. The predicted octanol–water partition coefficient (Wildman–Crippen LogP) is 3.72. The van der Waals surface area contributed by atoms with E-state index in [4.69, 9.17) is 0 Å². The average Bonchev–Trinajstić information content (AvgIpc) is 2.72. The predicted molar refractivity (Wildman–Crippen MR) is 69.4 cm³/mol. The minimum absolute atomic E-state index is 0.314. The van der Waals surface area contributed by atoms with Crippen LogP contribution in [0.4, 0.5) is 0 Å². The smallest absolute Gasteiger partial charge is 0.164 e. The van der Waals surface area contributed by atoms with Gasteiger partial charge in [-0.05, 0) is 43.0 Å². The van der Waals surface area contributed by atoms with Crippen LogP contribution in [0.15, 0.2) is 30.6 Å². The molecule has 0 bridgehead atoms. The minimum atomic E-state index is 0.314. The van der Waals surface area contributed by atoms with E-state index >= 15 is 0 Å². The second-order valence-corrected chi connectivity index (χ2v) is 5.45. The van der Waals surface area contributed by atoms with E-state index in [0.29, 0.717) is 12.2 Å². The van der Waals surface area contributed by atoms with E-state index in [1.54, 1.807) is 23.7 Å². The maximum Gasteiger partial charge on any atom is 0.164 e. The molecule has 0 spiro atoms. The van der Waals surface area contributed by atoms with Crippen molar-refractivity contribution in [3.8, 4) is 10.4 Å². The first kappa shape index (κ1) is 10.7. The van der Waals surface area contributed by atoms with Gasteiger partial charge in [0, 0.05) is 34.1 Å². The van der Waals surface area contributed by atoms with E-state index in [-0.39, 0.29) is 0 Å². The number of Topliss-reactive ketones (excluding diaryl/α,β-unsaturated/α-hetero) is 1. The number of rotatable bonds is 1. The van der Waals surface area contributed by atoms with Gasteiger partial charge < -0.3 is 0 Å². The van der Waals surface area contributed by atoms with E-state index in [9.17, 15) is 4.79 Å². The van der Waals surface area contributed by atoms with Gasteiger partial charge >= 0.3 is 0 Å². The number of nitrogens with zero attached hydrogens (tertiary/aromatic N) is 1. The van der Waals surface area contributed by atoms with Crippen LogP contribution < -0.4 is 0 Å². The summed E-state index contributed by atoms with van der Waals surface area (Å²) in [6.07, 6.45) is 7.51. The number of hydrogen-bond acceptors (Lipinski definition) is 3. The molecule has 0 saturated carbocycles. The third-order valence-electron chi connectivity index (χ3n) is 3.13. The van der Waals surface area contributed by atoms with Crippen LogP contribution in [0.2, 0.25) is 0 Å². The van der Waals surface area contributed by atoms with Crippen LogP contribution in [0.1, 0.15) is 34.5 Å². The van der Waals surface area contributed by atoms with Gasteiger partial charge in [0.1, 0.15) is 0 Å². The zero-order valence-corrected chi connectivity index (χ0v) is 10.3. The van der Waals surface area contributed by atoms with E-state index < -0.39 is 0 Å². The Labute approximate surface area is 104 Å². The molecule has 2 heterocycles. The summed E-state index contributed by atoms with van der Waals surface area (Å²) < 4.78 is 0. The molecule has 1 aliphatic carbocycles. The van der Waals surface area contributed by atoms with Gasteiger partial charge in [-0.3, -0.25) is 9.78 Å². The first-order valence-corrected chi connectivity index (χ1v) is 6.72. The number of aromatic nitrogens is 1. The summed E-state index contributed by atoms with van der Waals surface area (Å²) in [5.41, 5.74) is 2.12. The fraction of sp³-hybridized carbons (Fsp3) is 0.286. The topological polar surface area (TPSA) is 30.0 Å². The molecule has 0 radical (unpaired) electrons. The Hall–Kier alpha value is -1.48. The molecule has 0 aromatic carbocycles. The third-order valence-corrected chi connectivity index (χ3v) is 4.38. The van der Waals surface area contributed by atoms with Crippen molar-refractivity contribution in [1.82, 2.24) is 4.98 Å². The van der Waals surface area contributed by atoms with Gasteiger partial charge in [0.05, 0.1) is 0 Å². The molecule has 17 heavy (non-hydrogen) atoms. The molecule has 2 nitrogen and oxygen atoms in total. The van der Waals surface area contributed by atoms with Crippen LogP contribution in [-0.2, 0) is 6.42 Å². The summed E-state index contributed by atoms with van der Waals surface area (Å²) in [7, 11) is 0. The Morgan fingerprint density at radius 3 is 2.71 bits per heavy atom. The Balaban J connectivity index is 2.05. The van der Waals surface area contributed by atoms with Crippen molar-refractivity contribution in [3.05, 3.63) is 41.0 Å². The van der Waals surface area contributed by atoms with E-state index in [0.717, 1.165) is 30.4 Å². The van der Waals surface area contributed by atoms with Crippen LogP contribution in [0, 0.1) is 0 Å². The largest absolute Gasteiger partial charge is 0.294 e. The van der Waals surface area contributed by atoms with E-state index in [1.165, 1.54) is 9.75 Å². The lowest BCUT2D eigenvalue weighted by Crippen LogP contribution is -1.95. The van der Waals surface area contributed by atoms with Crippen molar-refractivity contribution in [1.29, 1.82) is 0 Å². The zero-order valence-electron chi connectivity index (χ0n) is 9.48. The fourth-order valence-electron chi connectivity index (χ4n) is 2.21. The van der Waals surface area contributed by atoms with Gasteiger partial charge in [-0.25, -0.2) is 0 Å². The van der Waals surface area contributed by atoms with Crippen molar-refractivity contribution in [2.24, 2.45) is 0 Å². The van der Waals surface area contributed by atoms with Crippen molar-refractivity contribution >= 4 is 17.1 Å². The molecule has 0 N–H and O–H groups in total. The second-order valence-electron chi connectivity index (χ2n) is 4.31. The van der Waals surface area contributed by atoms with Crippen LogP contribution in [0.5, 0.6) is 0 Å². The maximum atomic E-state index is 11.9. The second kappa shape index (κ2) is 4.41. The van der Waals surface area contributed by atoms with Crippen molar-refractivity contribution < 1.29 is 4.79 Å². The molecule has 1 aliphatic rings. The summed E-state index contributed by atoms with van der Waals surface area (Å²) in [5.74, 6) is 0.314. The molecular weight excluding hydrogens is 230 g/mol. The van der Waals surface area contributed by atoms with Gasteiger partial charge in [0.25, 0.3) is 0 Å². The van der Waals surface area contributed by atoms with Crippen LogP contribution >= 0.6 is 11.3 Å². The van der Waals surface area contributed by atoms with Crippen molar-refractivity contribution in [2.45, 2.75) is 25.7 Å². The first-order valence-electron chi connectivity index (χ1n) is 5.91. The number of aryl methyl sites for hydroxylation is 1. The Morgan fingerprint density at radius 1 is 1.12 bits per heavy atom. The molecule has 3 rings (SSSR count). The maximum absolute atomic E-state index is 11.9. The molecule has 2 aromatic heterocycles. The fourth-order valence-corrected chi connectivity index (χ4v) is 3.44. The monoisotopic (exact) mass is 243 g/mol. The highest BCUT2D eigenvalue weighted by Crippen LogP contribution is 2.34. The van der Waals surface area contributed by atoms with Gasteiger partial charge in [-0.2, -0.15) is 0 Å². The normalized spacial score (nSPS) is 15.4. The highest BCUT2D eigenvalue weighted by molar-refractivity contribution is 7.15. The minimum Gasteiger partial charge on any atom is -0.294 e. The molecule has 0 atom stereocenters. The van der Waals surface area contributed by atoms with Gasteiger partial charge in [-0.15, -0.1) is 11.3 Å². The van der Waals surface area contributed by atoms with Gasteiger partial charge in [-0.1, -0.05) is 0 Å². The molecule has 0 saturated heterocycles. The third kappa shape index (κ3) is 2.03. The summed E-state index contributed by atoms with van der Waals surface area (Å²) in [5, 5.41) is 0. The van der Waals surface area contributed by atoms with Crippen molar-refractivity contribution in [3.63, 3.8) is 0 Å². The van der Waals surface area contributed by atoms with Gasteiger partial charge in [0.15, 0.2) is 5.78 Å². The Morgan fingerprint density at radius 2 is 1.88 bits per heavy atom. The molecule has 0 unspecified atom stereocenters. The van der Waals surface area contributed by atoms with Crippen LogP contribution in [0.3, 0.4) is 0 Å². The molecule has 86 valence electrons. The van der Waals surface area contributed by atoms with E-state index in [2.05, 4.69) is 11.1 Å². The van der Waals surface area contributed by atoms with Gasteiger partial charge in [0.2, 0.25) is 0 Å². The number of pyridine rings is 1. The number of thiophene rings is 1. The summed E-state index contributed by atoms with van der Waals surface area (Å²) in [4.78, 5) is 18.4. The lowest BCUT2D eigenvalue weighted by molar-refractivity contribution is 0.0982. The number of carbonyl (C=O) groups is 1. The SMILES string of the molecule is O=C1CCCCc2sc(-c3ccncc3)cc21. The van der Waals surface area contributed by atoms with Crippen LogP contribution in [-0.4, -0.2) is 10.8 Å². The number of hydrogen-bond donors (Lipinski definition) is 0. The highest BCUT2D eigenvalue weighted by Gasteiger charge is 2.19. The quantitative estimate of drug-likeness (QED) is 0.714. The number of fused-ring (bicyclic) bond motifs is 1. The first-order chi connectivity index (χ1) is 8.34. The Bertz CT molecular complexity index is 545. The molecular formula is C14H13NOS. The summed E-state index contributed by atoms with van der Waals surface area (Å²) >= 11 is 1.76. The lowest BCUT2D eigenvalue weighted by atomic mass is 10.1. The molecule has 3 heteroatoms. The zero-order chi connectivity index (χ0) is 11.7. The average molecular weight is 243 g/mol. The summed E-state index contributed by atoms with van der Waals surface area (Å²) in [6, 6.07) is 6.05. The lowest BCUT2D eigenvalue weighted by Gasteiger charge is -1.95. The number of carbonyl (C=O) groups excluding carboxylic acids is 1. The van der Waals surface area contributed by atoms with Crippen molar-refractivity contribution in [2.75, 3.05) is 0 Å². The summed E-state index contributed by atoms with van der Waals surface area (Å²) in [6.45, 7) is 0. The highest BCUT2D eigenvalue weighted by atomic mass is 32.1. The van der Waals surface area contributed by atoms with Crippen LogP contribution in [0.25, 0.3) is 10.4 Å². The van der Waals surface area contributed by atoms with E-state index in [1.807, 2.05) is 12.1 Å². The molecule has 0 aliphatic heterocycles. The Kier molecular flexibility index (Phi) is 2.77. The molecule has 0 fully saturated rings. The standard InChI is InChI=1S/C14H13NOS/c16-12-3-1-2-4-13-11(12)9-14(17-13)10-5-7-15-8-6-10/h5-9H,1-4H2.